The van der Waals surface area contributed by atoms with Gasteiger partial charge in [0.2, 0.25) is 6.43 Å². The fourth-order valence-corrected chi connectivity index (χ4v) is 1.52. The Morgan fingerprint density at radius 3 is 2.30 bits per heavy atom. The van der Waals surface area contributed by atoms with Crippen molar-refractivity contribution < 1.29 is 31.4 Å². The molecule has 20 heavy (non-hydrogen) atoms. The summed E-state index contributed by atoms with van der Waals surface area (Å²) in [7, 11) is 1.26. The number of methoxy groups -OCH3 is 1. The van der Waals surface area contributed by atoms with E-state index in [-0.39, 0.29) is 23.7 Å². The number of rotatable bonds is 5. The zero-order valence-corrected chi connectivity index (χ0v) is 11.1. The molecule has 0 heterocycles. The molecule has 0 aliphatic heterocycles. The summed E-state index contributed by atoms with van der Waals surface area (Å²) in [5, 5.41) is 0. The maximum atomic E-state index is 12.2. The highest BCUT2D eigenvalue weighted by Gasteiger charge is 2.31. The molecular formula is C11H13ClF5NO2. The SMILES string of the molecule is COc1ccc(OC(F)(F)F)cc1[C@H](N)CC(F)F.Cl. The van der Waals surface area contributed by atoms with Crippen LogP contribution in [0.2, 0.25) is 0 Å². The van der Waals surface area contributed by atoms with Crippen molar-refractivity contribution in [3.8, 4) is 11.5 Å². The van der Waals surface area contributed by atoms with Crippen molar-refractivity contribution in [2.45, 2.75) is 25.3 Å². The molecule has 1 aromatic rings. The molecule has 0 spiro atoms. The number of hydrogen-bond donors (Lipinski definition) is 1. The smallest absolute Gasteiger partial charge is 0.496 e. The Labute approximate surface area is 118 Å². The van der Waals surface area contributed by atoms with E-state index in [0.29, 0.717) is 0 Å². The number of halogens is 6. The lowest BCUT2D eigenvalue weighted by Crippen LogP contribution is -2.18. The summed E-state index contributed by atoms with van der Waals surface area (Å²) in [6.45, 7) is 0. The molecule has 0 unspecified atom stereocenters. The molecule has 0 radical (unpaired) electrons. The van der Waals surface area contributed by atoms with Crippen LogP contribution in [0.5, 0.6) is 11.5 Å². The van der Waals surface area contributed by atoms with Gasteiger partial charge in [0.1, 0.15) is 11.5 Å². The number of nitrogens with two attached hydrogens (primary N) is 1. The maximum absolute atomic E-state index is 12.2. The van der Waals surface area contributed by atoms with Crippen LogP contribution in [0, 0.1) is 0 Å². The summed E-state index contributed by atoms with van der Waals surface area (Å²) in [5.74, 6) is -0.407. The third kappa shape index (κ3) is 5.79. The van der Waals surface area contributed by atoms with Crippen LogP contribution in [-0.2, 0) is 0 Å². The lowest BCUT2D eigenvalue weighted by atomic mass is 10.0. The van der Waals surface area contributed by atoms with Gasteiger partial charge in [0.15, 0.2) is 0 Å². The fourth-order valence-electron chi connectivity index (χ4n) is 1.52. The van der Waals surface area contributed by atoms with Gasteiger partial charge < -0.3 is 15.2 Å². The summed E-state index contributed by atoms with van der Waals surface area (Å²) in [6.07, 6.45) is -8.23. The molecule has 0 saturated carbocycles. The average Bonchev–Trinajstić information content (AvgIpc) is 2.25. The highest BCUT2D eigenvalue weighted by Crippen LogP contribution is 2.33. The van der Waals surface area contributed by atoms with Gasteiger partial charge in [0, 0.05) is 18.0 Å². The highest BCUT2D eigenvalue weighted by molar-refractivity contribution is 5.85. The molecule has 1 aromatic carbocycles. The van der Waals surface area contributed by atoms with Crippen LogP contribution in [0.25, 0.3) is 0 Å². The summed E-state index contributed by atoms with van der Waals surface area (Å²) in [4.78, 5) is 0. The first-order valence-electron chi connectivity index (χ1n) is 5.20. The maximum Gasteiger partial charge on any atom is 0.573 e. The largest absolute Gasteiger partial charge is 0.573 e. The van der Waals surface area contributed by atoms with Gasteiger partial charge in [0.05, 0.1) is 7.11 Å². The van der Waals surface area contributed by atoms with Gasteiger partial charge in [-0.25, -0.2) is 8.78 Å². The van der Waals surface area contributed by atoms with E-state index in [1.165, 1.54) is 13.2 Å². The van der Waals surface area contributed by atoms with E-state index in [0.717, 1.165) is 12.1 Å². The van der Waals surface area contributed by atoms with Crippen LogP contribution in [0.3, 0.4) is 0 Å². The zero-order valence-electron chi connectivity index (χ0n) is 10.3. The minimum atomic E-state index is -4.86. The van der Waals surface area contributed by atoms with E-state index in [1.807, 2.05) is 0 Å². The molecule has 0 aliphatic carbocycles. The molecule has 0 bridgehead atoms. The summed E-state index contributed by atoms with van der Waals surface area (Å²) >= 11 is 0. The van der Waals surface area contributed by atoms with Crippen molar-refractivity contribution in [3.05, 3.63) is 23.8 Å². The quantitative estimate of drug-likeness (QED) is 0.842. The Hall–Kier alpha value is -1.28. The standard InChI is InChI=1S/C11H12F5NO2.ClH/c1-18-9-3-2-6(19-11(14,15)16)4-7(9)8(17)5-10(12)13;/h2-4,8,10H,5,17H2,1H3;1H/t8-;/m1./s1. The van der Waals surface area contributed by atoms with Gasteiger partial charge in [0.25, 0.3) is 0 Å². The molecule has 2 N–H and O–H groups in total. The van der Waals surface area contributed by atoms with E-state index < -0.39 is 31.0 Å². The van der Waals surface area contributed by atoms with Crippen LogP contribution >= 0.6 is 12.4 Å². The minimum absolute atomic E-state index is 0. The Morgan fingerprint density at radius 2 is 1.85 bits per heavy atom. The Morgan fingerprint density at radius 1 is 1.25 bits per heavy atom. The summed E-state index contributed by atoms with van der Waals surface area (Å²) in [5.41, 5.74) is 5.54. The first kappa shape index (κ1) is 18.7. The van der Waals surface area contributed by atoms with Crippen molar-refractivity contribution in [1.29, 1.82) is 0 Å². The van der Waals surface area contributed by atoms with Crippen molar-refractivity contribution in [3.63, 3.8) is 0 Å². The monoisotopic (exact) mass is 321 g/mol. The van der Waals surface area contributed by atoms with Gasteiger partial charge in [-0.05, 0) is 18.2 Å². The van der Waals surface area contributed by atoms with Crippen LogP contribution in [-0.4, -0.2) is 19.9 Å². The van der Waals surface area contributed by atoms with Gasteiger partial charge in [-0.3, -0.25) is 0 Å². The van der Waals surface area contributed by atoms with Crippen LogP contribution < -0.4 is 15.2 Å². The fraction of sp³-hybridized carbons (Fsp3) is 0.455. The second-order valence-corrected chi connectivity index (χ2v) is 3.68. The molecule has 116 valence electrons. The first-order valence-corrected chi connectivity index (χ1v) is 5.20. The summed E-state index contributed by atoms with van der Waals surface area (Å²) in [6, 6.07) is 2.00. The predicted octanol–water partition coefficient (Wildman–Crippen LogP) is 3.67. The Kier molecular flexibility index (Phi) is 7.01. The predicted molar refractivity (Wildman–Crippen MR) is 64.5 cm³/mol. The Bertz CT molecular complexity index is 428. The van der Waals surface area contributed by atoms with Gasteiger partial charge in [-0.1, -0.05) is 0 Å². The first-order chi connectivity index (χ1) is 8.73. The second-order valence-electron chi connectivity index (χ2n) is 3.68. The summed E-state index contributed by atoms with van der Waals surface area (Å²) < 4.78 is 69.2. The van der Waals surface area contributed by atoms with Crippen LogP contribution in [0.4, 0.5) is 22.0 Å². The van der Waals surface area contributed by atoms with E-state index in [9.17, 15) is 22.0 Å². The molecule has 1 atom stereocenters. The van der Waals surface area contributed by atoms with Crippen molar-refractivity contribution in [1.82, 2.24) is 0 Å². The molecule has 9 heteroatoms. The molecule has 0 amide bonds. The molecule has 0 aliphatic rings. The van der Waals surface area contributed by atoms with Crippen LogP contribution in [0.15, 0.2) is 18.2 Å². The van der Waals surface area contributed by atoms with Gasteiger partial charge in [-0.2, -0.15) is 0 Å². The van der Waals surface area contributed by atoms with Crippen LogP contribution in [0.1, 0.15) is 18.0 Å². The van der Waals surface area contributed by atoms with Gasteiger partial charge >= 0.3 is 6.36 Å². The number of hydrogen-bond acceptors (Lipinski definition) is 3. The van der Waals surface area contributed by atoms with E-state index in [1.54, 1.807) is 0 Å². The molecule has 0 aromatic heterocycles. The van der Waals surface area contributed by atoms with Gasteiger partial charge in [-0.15, -0.1) is 25.6 Å². The van der Waals surface area contributed by atoms with Crippen molar-refractivity contribution in [2.24, 2.45) is 5.73 Å². The topological polar surface area (TPSA) is 44.5 Å². The number of benzene rings is 1. The average molecular weight is 322 g/mol. The van der Waals surface area contributed by atoms with E-state index >= 15 is 0 Å². The highest BCUT2D eigenvalue weighted by atomic mass is 35.5. The number of alkyl halides is 5. The third-order valence-electron chi connectivity index (χ3n) is 2.27. The lowest BCUT2D eigenvalue weighted by Gasteiger charge is -2.17. The molecular weight excluding hydrogens is 309 g/mol. The molecule has 1 rings (SSSR count). The zero-order chi connectivity index (χ0) is 14.6. The lowest BCUT2D eigenvalue weighted by molar-refractivity contribution is -0.274. The van der Waals surface area contributed by atoms with Crippen molar-refractivity contribution >= 4 is 12.4 Å². The third-order valence-corrected chi connectivity index (χ3v) is 2.27. The van der Waals surface area contributed by atoms with E-state index in [4.69, 9.17) is 10.5 Å². The molecule has 0 saturated heterocycles. The molecule has 0 fully saturated rings. The normalized spacial score (nSPS) is 12.8. The minimum Gasteiger partial charge on any atom is -0.496 e. The molecule has 3 nitrogen and oxygen atoms in total. The second kappa shape index (κ2) is 7.49. The van der Waals surface area contributed by atoms with Crippen molar-refractivity contribution in [2.75, 3.05) is 7.11 Å². The Balaban J connectivity index is 0.00000361. The number of ether oxygens (including phenoxy) is 2. The van der Waals surface area contributed by atoms with E-state index in [2.05, 4.69) is 4.74 Å².